The topological polar surface area (TPSA) is 41.6 Å². The molecule has 0 bridgehead atoms. The van der Waals surface area contributed by atoms with Crippen LogP contribution in [-0.2, 0) is 4.74 Å². The molecule has 0 atom stereocenters. The Morgan fingerprint density at radius 2 is 2.09 bits per heavy atom. The highest BCUT2D eigenvalue weighted by atomic mass is 35.5. The number of aryl methyl sites for hydroxylation is 1. The van der Waals surface area contributed by atoms with E-state index in [1.807, 2.05) is 13.0 Å². The Labute approximate surface area is 144 Å². The smallest absolute Gasteiger partial charge is 0.251 e. The summed E-state index contributed by atoms with van der Waals surface area (Å²) in [5.74, 6) is 0.000702. The molecular weight excluding hydrogens is 312 g/mol. The third-order valence-corrected chi connectivity index (χ3v) is 4.45. The number of rotatable bonds is 6. The maximum absolute atomic E-state index is 12.4. The molecule has 0 saturated carbocycles. The molecule has 0 unspecified atom stereocenters. The fraction of sp³-hybridized carbons (Fsp3) is 0.611. The number of ether oxygens (including phenoxy) is 1. The first kappa shape index (κ1) is 18.2. The molecule has 0 aromatic heterocycles. The van der Waals surface area contributed by atoms with Crippen molar-refractivity contribution in [3.05, 3.63) is 34.3 Å². The number of nitrogens with zero attached hydrogens (tertiary/aromatic N) is 1. The SMILES string of the molecule is Cc1cc(Cl)ccc1C(=O)NC1CCN(CCOC(C)C)CC1. The molecule has 4 nitrogen and oxygen atoms in total. The Kier molecular flexibility index (Phi) is 6.88. The van der Waals surface area contributed by atoms with Crippen molar-refractivity contribution in [2.45, 2.75) is 45.8 Å². The number of hydrogen-bond donors (Lipinski definition) is 1. The quantitative estimate of drug-likeness (QED) is 0.865. The van der Waals surface area contributed by atoms with Gasteiger partial charge in [0.15, 0.2) is 0 Å². The lowest BCUT2D eigenvalue weighted by Gasteiger charge is -2.32. The van der Waals surface area contributed by atoms with Gasteiger partial charge in [0.25, 0.3) is 5.91 Å². The van der Waals surface area contributed by atoms with Crippen molar-refractivity contribution in [1.82, 2.24) is 10.2 Å². The second-order valence-corrected chi connectivity index (χ2v) is 6.90. The summed E-state index contributed by atoms with van der Waals surface area (Å²) in [6.07, 6.45) is 2.26. The third-order valence-electron chi connectivity index (χ3n) is 4.21. The van der Waals surface area contributed by atoms with E-state index in [9.17, 15) is 4.79 Å². The zero-order chi connectivity index (χ0) is 16.8. The molecular formula is C18H27ClN2O2. The first-order chi connectivity index (χ1) is 11.0. The summed E-state index contributed by atoms with van der Waals surface area (Å²) in [6, 6.07) is 5.64. The molecule has 1 N–H and O–H groups in total. The second kappa shape index (κ2) is 8.67. The van der Waals surface area contributed by atoms with E-state index in [-0.39, 0.29) is 18.1 Å². The van der Waals surface area contributed by atoms with Crippen LogP contribution in [-0.4, -0.2) is 49.2 Å². The second-order valence-electron chi connectivity index (χ2n) is 6.47. The lowest BCUT2D eigenvalue weighted by Crippen LogP contribution is -2.45. The molecule has 0 radical (unpaired) electrons. The third kappa shape index (κ3) is 5.79. The van der Waals surface area contributed by atoms with Gasteiger partial charge in [0.1, 0.15) is 0 Å². The molecule has 2 rings (SSSR count). The Hall–Kier alpha value is -1.10. The Bertz CT molecular complexity index is 526. The summed E-state index contributed by atoms with van der Waals surface area (Å²) in [7, 11) is 0. The minimum Gasteiger partial charge on any atom is -0.377 e. The predicted molar refractivity (Wildman–Crippen MR) is 94.2 cm³/mol. The van der Waals surface area contributed by atoms with E-state index in [0.29, 0.717) is 10.6 Å². The number of piperidine rings is 1. The number of carbonyl (C=O) groups excluding carboxylic acids is 1. The van der Waals surface area contributed by atoms with Crippen LogP contribution < -0.4 is 5.32 Å². The molecule has 0 aliphatic carbocycles. The highest BCUT2D eigenvalue weighted by Crippen LogP contribution is 2.16. The van der Waals surface area contributed by atoms with E-state index in [2.05, 4.69) is 24.1 Å². The van der Waals surface area contributed by atoms with Gasteiger partial charge in [0.2, 0.25) is 0 Å². The van der Waals surface area contributed by atoms with E-state index in [4.69, 9.17) is 16.3 Å². The average molecular weight is 339 g/mol. The number of likely N-dealkylation sites (tertiary alicyclic amines) is 1. The Balaban J connectivity index is 1.76. The Morgan fingerprint density at radius 1 is 1.39 bits per heavy atom. The molecule has 23 heavy (non-hydrogen) atoms. The summed E-state index contributed by atoms with van der Waals surface area (Å²) in [6.45, 7) is 9.78. The predicted octanol–water partition coefficient (Wildman–Crippen LogP) is 3.27. The maximum Gasteiger partial charge on any atom is 0.251 e. The monoisotopic (exact) mass is 338 g/mol. The van der Waals surface area contributed by atoms with Crippen molar-refractivity contribution in [2.24, 2.45) is 0 Å². The van der Waals surface area contributed by atoms with E-state index in [0.717, 1.165) is 44.6 Å². The van der Waals surface area contributed by atoms with Crippen LogP contribution in [0.3, 0.4) is 0 Å². The zero-order valence-corrected chi connectivity index (χ0v) is 15.0. The van der Waals surface area contributed by atoms with Crippen molar-refractivity contribution >= 4 is 17.5 Å². The van der Waals surface area contributed by atoms with Crippen LogP contribution in [0.4, 0.5) is 0 Å². The molecule has 1 aromatic rings. The number of amides is 1. The largest absolute Gasteiger partial charge is 0.377 e. The van der Waals surface area contributed by atoms with Gasteiger partial charge < -0.3 is 15.0 Å². The first-order valence-electron chi connectivity index (χ1n) is 8.36. The van der Waals surface area contributed by atoms with Gasteiger partial charge in [0, 0.05) is 36.3 Å². The van der Waals surface area contributed by atoms with Crippen LogP contribution in [0.25, 0.3) is 0 Å². The molecule has 1 heterocycles. The normalized spacial score (nSPS) is 16.7. The summed E-state index contributed by atoms with van der Waals surface area (Å²) in [5, 5.41) is 3.81. The van der Waals surface area contributed by atoms with Gasteiger partial charge in [-0.25, -0.2) is 0 Å². The highest BCUT2D eigenvalue weighted by Gasteiger charge is 2.21. The fourth-order valence-corrected chi connectivity index (χ4v) is 3.09. The van der Waals surface area contributed by atoms with Crippen molar-refractivity contribution < 1.29 is 9.53 Å². The molecule has 5 heteroatoms. The van der Waals surface area contributed by atoms with Gasteiger partial charge in [-0.05, 0) is 57.4 Å². The zero-order valence-electron chi connectivity index (χ0n) is 14.3. The highest BCUT2D eigenvalue weighted by molar-refractivity contribution is 6.30. The molecule has 128 valence electrons. The molecule has 0 spiro atoms. The number of halogens is 1. The minimum atomic E-state index is 0.000702. The number of nitrogens with one attached hydrogen (secondary N) is 1. The summed E-state index contributed by atoms with van der Waals surface area (Å²) in [5.41, 5.74) is 1.63. The van der Waals surface area contributed by atoms with Crippen LogP contribution in [0.2, 0.25) is 5.02 Å². The lowest BCUT2D eigenvalue weighted by atomic mass is 10.0. The van der Waals surface area contributed by atoms with Crippen LogP contribution in [0.1, 0.15) is 42.6 Å². The molecule has 1 aromatic carbocycles. The molecule has 1 aliphatic rings. The van der Waals surface area contributed by atoms with Crippen molar-refractivity contribution in [3.8, 4) is 0 Å². The van der Waals surface area contributed by atoms with E-state index < -0.39 is 0 Å². The summed E-state index contributed by atoms with van der Waals surface area (Å²) >= 11 is 5.94. The van der Waals surface area contributed by atoms with Gasteiger partial charge in [-0.2, -0.15) is 0 Å². The molecule has 1 fully saturated rings. The van der Waals surface area contributed by atoms with Crippen LogP contribution in [0.15, 0.2) is 18.2 Å². The standard InChI is InChI=1S/C18H27ClN2O2/c1-13(2)23-11-10-21-8-6-16(7-9-21)20-18(22)17-5-4-15(19)12-14(17)3/h4-5,12-13,16H,6-11H2,1-3H3,(H,20,22). The van der Waals surface area contributed by atoms with Crippen LogP contribution in [0, 0.1) is 6.92 Å². The van der Waals surface area contributed by atoms with Gasteiger partial charge in [-0.3, -0.25) is 4.79 Å². The van der Waals surface area contributed by atoms with Crippen molar-refractivity contribution in [3.63, 3.8) is 0 Å². The van der Waals surface area contributed by atoms with Crippen LogP contribution in [0.5, 0.6) is 0 Å². The minimum absolute atomic E-state index is 0.000702. The maximum atomic E-state index is 12.4. The van der Waals surface area contributed by atoms with Crippen molar-refractivity contribution in [2.75, 3.05) is 26.2 Å². The summed E-state index contributed by atoms with van der Waals surface area (Å²) < 4.78 is 5.59. The van der Waals surface area contributed by atoms with E-state index >= 15 is 0 Å². The van der Waals surface area contributed by atoms with Crippen molar-refractivity contribution in [1.29, 1.82) is 0 Å². The summed E-state index contributed by atoms with van der Waals surface area (Å²) in [4.78, 5) is 14.8. The van der Waals surface area contributed by atoms with Gasteiger partial charge in [0.05, 0.1) is 12.7 Å². The number of benzene rings is 1. The van der Waals surface area contributed by atoms with E-state index in [1.54, 1.807) is 12.1 Å². The molecule has 1 aliphatic heterocycles. The van der Waals surface area contributed by atoms with Gasteiger partial charge in [-0.15, -0.1) is 0 Å². The van der Waals surface area contributed by atoms with Gasteiger partial charge in [-0.1, -0.05) is 11.6 Å². The first-order valence-corrected chi connectivity index (χ1v) is 8.74. The molecule has 1 amide bonds. The Morgan fingerprint density at radius 3 is 2.70 bits per heavy atom. The fourth-order valence-electron chi connectivity index (χ4n) is 2.86. The average Bonchev–Trinajstić information content (AvgIpc) is 2.48. The van der Waals surface area contributed by atoms with Crippen LogP contribution >= 0.6 is 11.6 Å². The van der Waals surface area contributed by atoms with Gasteiger partial charge >= 0.3 is 0 Å². The number of carbonyl (C=O) groups is 1. The molecule has 1 saturated heterocycles. The van der Waals surface area contributed by atoms with E-state index in [1.165, 1.54) is 0 Å². The number of hydrogen-bond acceptors (Lipinski definition) is 3. The lowest BCUT2D eigenvalue weighted by molar-refractivity contribution is 0.0520.